The van der Waals surface area contributed by atoms with Crippen LogP contribution in [-0.2, 0) is 4.43 Å². The van der Waals surface area contributed by atoms with Gasteiger partial charge in [0.25, 0.3) is 0 Å². The summed E-state index contributed by atoms with van der Waals surface area (Å²) < 4.78 is 5.93. The van der Waals surface area contributed by atoms with Gasteiger partial charge in [-0.3, -0.25) is 0 Å². The highest BCUT2D eigenvalue weighted by Crippen LogP contribution is 2.12. The van der Waals surface area contributed by atoms with E-state index in [2.05, 4.69) is 30.7 Å². The number of rotatable bonds is 14. The molecular weight excluding hydrogens is 252 g/mol. The average Bonchev–Trinajstić information content (AvgIpc) is 2.43. The van der Waals surface area contributed by atoms with Crippen LogP contribution in [0, 0.1) is 0 Å². The van der Waals surface area contributed by atoms with E-state index in [-0.39, 0.29) is 0 Å². The van der Waals surface area contributed by atoms with Gasteiger partial charge in [-0.15, -0.1) is 0 Å². The predicted octanol–water partition coefficient (Wildman–Crippen LogP) is 3.93. The minimum Gasteiger partial charge on any atom is -0.395 e. The van der Waals surface area contributed by atoms with E-state index >= 15 is 0 Å². The van der Waals surface area contributed by atoms with Crippen molar-refractivity contribution in [3.8, 4) is 0 Å². The highest BCUT2D eigenvalue weighted by atomic mass is 28.4. The lowest BCUT2D eigenvalue weighted by molar-refractivity contribution is 0.356. The molecule has 0 heterocycles. The van der Waals surface area contributed by atoms with Gasteiger partial charge in [0.05, 0.1) is 0 Å². The highest BCUT2D eigenvalue weighted by molar-refractivity contribution is 6.68. The van der Waals surface area contributed by atoms with E-state index < -0.39 is 8.64 Å². The molecule has 0 aromatic rings. The number of unbranched alkanes of at least 4 members (excludes halogenated alkanes) is 5. The van der Waals surface area contributed by atoms with E-state index in [0.717, 1.165) is 13.1 Å². The van der Waals surface area contributed by atoms with Gasteiger partial charge in [0, 0.05) is 7.11 Å². The van der Waals surface area contributed by atoms with Crippen LogP contribution in [-0.4, -0.2) is 28.8 Å². The summed E-state index contributed by atoms with van der Waals surface area (Å²) in [5.41, 5.74) is 0. The van der Waals surface area contributed by atoms with Crippen LogP contribution < -0.4 is 9.96 Å². The van der Waals surface area contributed by atoms with Gasteiger partial charge >= 0.3 is 8.64 Å². The zero-order valence-electron chi connectivity index (χ0n) is 13.7. The third-order valence-corrected chi connectivity index (χ3v) is 7.01. The van der Waals surface area contributed by atoms with Crippen molar-refractivity contribution < 1.29 is 4.43 Å². The fraction of sp³-hybridized carbons (Fsp3) is 1.00. The Balaban J connectivity index is 4.20. The molecule has 4 heteroatoms. The smallest absolute Gasteiger partial charge is 0.351 e. The molecule has 19 heavy (non-hydrogen) atoms. The second-order valence-corrected chi connectivity index (χ2v) is 8.67. The fourth-order valence-corrected chi connectivity index (χ4v) is 5.10. The Kier molecular flexibility index (Phi) is 13.2. The van der Waals surface area contributed by atoms with Crippen molar-refractivity contribution >= 4 is 8.64 Å². The van der Waals surface area contributed by atoms with E-state index in [1.165, 1.54) is 57.4 Å². The van der Waals surface area contributed by atoms with E-state index in [4.69, 9.17) is 4.43 Å². The van der Waals surface area contributed by atoms with Gasteiger partial charge in [0.15, 0.2) is 0 Å². The van der Waals surface area contributed by atoms with Crippen LogP contribution in [0.2, 0.25) is 6.04 Å². The Morgan fingerprint density at radius 1 is 0.737 bits per heavy atom. The Bertz CT molecular complexity index is 181. The molecule has 0 saturated carbocycles. The number of nitrogens with one attached hydrogen (secondary N) is 2. The van der Waals surface area contributed by atoms with Crippen molar-refractivity contribution in [1.29, 1.82) is 0 Å². The molecule has 0 saturated heterocycles. The van der Waals surface area contributed by atoms with Gasteiger partial charge in [-0.1, -0.05) is 59.3 Å². The first kappa shape index (κ1) is 19.1. The molecule has 0 spiro atoms. The minimum absolute atomic E-state index is 1.09. The van der Waals surface area contributed by atoms with E-state index in [9.17, 15) is 0 Å². The van der Waals surface area contributed by atoms with E-state index in [1.807, 2.05) is 7.11 Å². The summed E-state index contributed by atoms with van der Waals surface area (Å²) in [4.78, 5) is 7.45. The fourth-order valence-electron chi connectivity index (χ4n) is 2.22. The van der Waals surface area contributed by atoms with Gasteiger partial charge in [-0.05, 0) is 32.0 Å². The molecule has 0 rings (SSSR count). The average molecular weight is 289 g/mol. The molecular formula is C15H36N2OSi. The number of hydrogen-bond acceptors (Lipinski definition) is 3. The lowest BCUT2D eigenvalue weighted by atomic mass is 10.2. The molecule has 0 radical (unpaired) electrons. The molecule has 0 aromatic heterocycles. The van der Waals surface area contributed by atoms with Crippen molar-refractivity contribution in [2.45, 2.75) is 78.2 Å². The van der Waals surface area contributed by atoms with Crippen molar-refractivity contribution in [3.63, 3.8) is 0 Å². The lowest BCUT2D eigenvalue weighted by Crippen LogP contribution is -2.64. The van der Waals surface area contributed by atoms with E-state index in [1.54, 1.807) is 0 Å². The van der Waals surface area contributed by atoms with Gasteiger partial charge in [0.2, 0.25) is 0 Å². The number of hydrogen-bond donors (Lipinski definition) is 2. The first-order valence-electron chi connectivity index (χ1n) is 8.29. The van der Waals surface area contributed by atoms with Gasteiger partial charge in [-0.25, -0.2) is 0 Å². The zero-order chi connectivity index (χ0) is 14.4. The molecule has 0 aromatic carbocycles. The molecule has 116 valence electrons. The third-order valence-electron chi connectivity index (χ3n) is 3.61. The second-order valence-electron chi connectivity index (χ2n) is 5.40. The molecule has 0 atom stereocenters. The van der Waals surface area contributed by atoms with Crippen LogP contribution in [0.3, 0.4) is 0 Å². The molecule has 0 aliphatic rings. The Morgan fingerprint density at radius 2 is 1.26 bits per heavy atom. The summed E-state index contributed by atoms with van der Waals surface area (Å²) in [6, 6.07) is 1.19. The third kappa shape index (κ3) is 9.60. The SMILES string of the molecule is CCCCCC[Si](NCCCC)(NCCCC)OC. The maximum Gasteiger partial charge on any atom is 0.351 e. The van der Waals surface area contributed by atoms with E-state index in [0.29, 0.717) is 0 Å². The lowest BCUT2D eigenvalue weighted by Gasteiger charge is -2.31. The minimum atomic E-state index is -1.89. The quantitative estimate of drug-likeness (QED) is 0.375. The topological polar surface area (TPSA) is 33.3 Å². The molecule has 0 aliphatic heterocycles. The normalized spacial score (nSPS) is 12.0. The summed E-state index contributed by atoms with van der Waals surface area (Å²) in [6.07, 6.45) is 10.2. The van der Waals surface area contributed by atoms with Crippen molar-refractivity contribution in [2.75, 3.05) is 20.2 Å². The maximum atomic E-state index is 5.93. The van der Waals surface area contributed by atoms with Crippen LogP contribution in [0.4, 0.5) is 0 Å². The summed E-state index contributed by atoms with van der Waals surface area (Å²) in [5, 5.41) is 0. The monoisotopic (exact) mass is 288 g/mol. The molecule has 3 nitrogen and oxygen atoms in total. The van der Waals surface area contributed by atoms with Crippen LogP contribution >= 0.6 is 0 Å². The Morgan fingerprint density at radius 3 is 1.68 bits per heavy atom. The summed E-state index contributed by atoms with van der Waals surface area (Å²) in [7, 11) is -0.0150. The first-order chi connectivity index (χ1) is 9.24. The highest BCUT2D eigenvalue weighted by Gasteiger charge is 2.33. The van der Waals surface area contributed by atoms with Crippen LogP contribution in [0.25, 0.3) is 0 Å². The van der Waals surface area contributed by atoms with Gasteiger partial charge in [0.1, 0.15) is 0 Å². The molecule has 0 bridgehead atoms. The van der Waals surface area contributed by atoms with Crippen molar-refractivity contribution in [1.82, 2.24) is 9.96 Å². The van der Waals surface area contributed by atoms with Crippen molar-refractivity contribution in [2.24, 2.45) is 0 Å². The van der Waals surface area contributed by atoms with Crippen LogP contribution in [0.1, 0.15) is 72.1 Å². The Hall–Kier alpha value is 0.0969. The molecule has 0 aliphatic carbocycles. The summed E-state index contributed by atoms with van der Waals surface area (Å²) in [6.45, 7) is 8.92. The van der Waals surface area contributed by atoms with Gasteiger partial charge in [-0.2, -0.15) is 0 Å². The molecule has 0 amide bonds. The molecule has 0 unspecified atom stereocenters. The standard InChI is InChI=1S/C15H36N2OSi/c1-5-8-11-12-15-19(18-4,16-13-9-6-2)17-14-10-7-3/h16-17H,5-15H2,1-4H3. The summed E-state index contributed by atoms with van der Waals surface area (Å²) in [5.74, 6) is 0. The molecule has 0 fully saturated rings. The van der Waals surface area contributed by atoms with Crippen molar-refractivity contribution in [3.05, 3.63) is 0 Å². The summed E-state index contributed by atoms with van der Waals surface area (Å²) >= 11 is 0. The van der Waals surface area contributed by atoms with Crippen LogP contribution in [0.15, 0.2) is 0 Å². The van der Waals surface area contributed by atoms with Gasteiger partial charge < -0.3 is 14.4 Å². The second kappa shape index (κ2) is 13.1. The maximum absolute atomic E-state index is 5.93. The molecule has 2 N–H and O–H groups in total. The first-order valence-corrected chi connectivity index (χ1v) is 10.4. The largest absolute Gasteiger partial charge is 0.395 e. The van der Waals surface area contributed by atoms with Crippen LogP contribution in [0.5, 0.6) is 0 Å². The Labute approximate surface area is 122 Å². The zero-order valence-corrected chi connectivity index (χ0v) is 14.7. The predicted molar refractivity (Wildman–Crippen MR) is 87.5 cm³/mol.